The minimum absolute atomic E-state index is 0.0586. The summed E-state index contributed by atoms with van der Waals surface area (Å²) in [6, 6.07) is 0. The highest BCUT2D eigenvalue weighted by atomic mass is 32.2. The molecule has 0 radical (unpaired) electrons. The van der Waals surface area contributed by atoms with Gasteiger partial charge in [-0.3, -0.25) is 4.52 Å². The van der Waals surface area contributed by atoms with Gasteiger partial charge < -0.3 is 50.5 Å². The van der Waals surface area contributed by atoms with E-state index in [-0.39, 0.29) is 18.3 Å². The van der Waals surface area contributed by atoms with E-state index in [9.17, 15) is 28.8 Å². The standard InChI is InChI=1S/C11H20N5O13P3S/c1-33-11-14-8(12)5-9(15-11)16(3-13-5)10-7(18)6(17)4(27-10)2-26-31(22,23)29-32(24,25)28-30(19,20)21/h4,6-7,10,13,17-18H,2-3H2,1H3,(H,22,23)(H,24,25)(H2,12,14,15)(H2,19,20,21)/t4-,6+,7+,10-/m1/s1. The molecule has 0 aromatic carbocycles. The van der Waals surface area contributed by atoms with Gasteiger partial charge in [0.05, 0.1) is 13.3 Å². The summed E-state index contributed by atoms with van der Waals surface area (Å²) in [4.78, 5) is 45.5. The molecule has 0 bridgehead atoms. The fraction of sp³-hybridized carbons (Fsp3) is 0.636. The average Bonchev–Trinajstić information content (AvgIpc) is 3.19. The van der Waals surface area contributed by atoms with Gasteiger partial charge >= 0.3 is 23.5 Å². The first-order chi connectivity index (χ1) is 15.1. The number of aliphatic hydroxyl groups excluding tert-OH is 2. The number of thioether (sulfide) groups is 1. The summed E-state index contributed by atoms with van der Waals surface area (Å²) >= 11 is 1.21. The summed E-state index contributed by atoms with van der Waals surface area (Å²) in [6.07, 6.45) is -4.13. The first-order valence-corrected chi connectivity index (χ1v) is 14.4. The second-order valence-corrected chi connectivity index (χ2v) is 11.7. The third kappa shape index (κ3) is 6.42. The van der Waals surface area contributed by atoms with Crippen LogP contribution in [-0.4, -0.2) is 83.8 Å². The van der Waals surface area contributed by atoms with Gasteiger partial charge in [0.2, 0.25) is 0 Å². The van der Waals surface area contributed by atoms with E-state index in [0.717, 1.165) is 0 Å². The minimum atomic E-state index is -5.70. The molecule has 188 valence electrons. The van der Waals surface area contributed by atoms with E-state index < -0.39 is 54.6 Å². The summed E-state index contributed by atoms with van der Waals surface area (Å²) in [7, 11) is -16.7. The van der Waals surface area contributed by atoms with E-state index in [1.54, 1.807) is 6.26 Å². The molecule has 3 rings (SSSR count). The van der Waals surface area contributed by atoms with Crippen LogP contribution in [0.2, 0.25) is 0 Å². The van der Waals surface area contributed by atoms with Crippen molar-refractivity contribution >= 4 is 52.6 Å². The Hall–Kier alpha value is -0.880. The molecule has 0 saturated carbocycles. The number of hydrogen-bond donors (Lipinski definition) is 8. The van der Waals surface area contributed by atoms with Crippen molar-refractivity contribution in [3.8, 4) is 0 Å². The van der Waals surface area contributed by atoms with Crippen molar-refractivity contribution in [2.45, 2.75) is 29.7 Å². The summed E-state index contributed by atoms with van der Waals surface area (Å²) in [5.41, 5.74) is 6.25. The van der Waals surface area contributed by atoms with Crippen LogP contribution in [0, 0.1) is 0 Å². The third-order valence-corrected chi connectivity index (χ3v) is 8.59. The minimum Gasteiger partial charge on any atom is -0.387 e. The molecule has 1 saturated heterocycles. The number of anilines is 3. The van der Waals surface area contributed by atoms with Crippen LogP contribution < -0.4 is 16.0 Å². The second kappa shape index (κ2) is 9.64. The number of nitrogens with one attached hydrogen (secondary N) is 1. The van der Waals surface area contributed by atoms with Crippen LogP contribution in [0.5, 0.6) is 0 Å². The third-order valence-electron chi connectivity index (χ3n) is 4.24. The van der Waals surface area contributed by atoms with E-state index in [4.69, 9.17) is 25.2 Å². The Morgan fingerprint density at radius 2 is 1.82 bits per heavy atom. The van der Waals surface area contributed by atoms with Crippen LogP contribution in [0.3, 0.4) is 0 Å². The molecule has 22 heteroatoms. The highest BCUT2D eigenvalue weighted by molar-refractivity contribution is 7.98. The van der Waals surface area contributed by atoms with Crippen LogP contribution in [-0.2, 0) is 31.6 Å². The summed E-state index contributed by atoms with van der Waals surface area (Å²) < 4.78 is 51.1. The van der Waals surface area contributed by atoms with Crippen LogP contribution >= 0.6 is 35.2 Å². The maximum atomic E-state index is 11.9. The maximum Gasteiger partial charge on any atom is 0.490 e. The lowest BCUT2D eigenvalue weighted by atomic mass is 10.1. The Kier molecular flexibility index (Phi) is 7.80. The van der Waals surface area contributed by atoms with Gasteiger partial charge in [-0.05, 0) is 6.26 Å². The number of aromatic nitrogens is 2. The summed E-state index contributed by atoms with van der Waals surface area (Å²) in [5, 5.41) is 23.9. The van der Waals surface area contributed by atoms with Crippen molar-refractivity contribution in [1.29, 1.82) is 0 Å². The van der Waals surface area contributed by atoms with Crippen molar-refractivity contribution in [2.24, 2.45) is 0 Å². The smallest absolute Gasteiger partial charge is 0.387 e. The van der Waals surface area contributed by atoms with E-state index in [1.807, 2.05) is 0 Å². The van der Waals surface area contributed by atoms with Gasteiger partial charge in [0, 0.05) is 0 Å². The molecule has 0 amide bonds. The van der Waals surface area contributed by atoms with Gasteiger partial charge in [-0.2, -0.15) is 8.62 Å². The molecule has 18 nitrogen and oxygen atoms in total. The molecule has 2 aliphatic heterocycles. The molecular formula is C11H20N5O13P3S. The van der Waals surface area contributed by atoms with Gasteiger partial charge in [-0.1, -0.05) is 11.8 Å². The number of nitrogen functional groups attached to an aromatic ring is 1. The number of phosphoric ester groups is 1. The van der Waals surface area contributed by atoms with E-state index >= 15 is 0 Å². The molecule has 0 spiro atoms. The number of nitrogens with two attached hydrogens (primary N) is 1. The van der Waals surface area contributed by atoms with E-state index in [1.165, 1.54) is 16.7 Å². The Bertz CT molecular complexity index is 1040. The SMILES string of the molecule is CSc1nc(N)c2c(n1)N([C@@H]1O[C@H](COP(=O)(O)OP(=O)(O)OP(=O)(O)O)[C@H](O)[C@@H]1O)CN2. The van der Waals surface area contributed by atoms with E-state index in [2.05, 4.69) is 28.4 Å². The zero-order valence-corrected chi connectivity index (χ0v) is 19.9. The molecule has 0 aliphatic carbocycles. The van der Waals surface area contributed by atoms with Crippen LogP contribution in [0.4, 0.5) is 17.3 Å². The van der Waals surface area contributed by atoms with Gasteiger partial charge in [-0.25, -0.2) is 23.7 Å². The molecule has 1 aromatic heterocycles. The fourth-order valence-electron chi connectivity index (χ4n) is 2.96. The lowest BCUT2D eigenvalue weighted by Crippen LogP contribution is -2.44. The highest BCUT2D eigenvalue weighted by Crippen LogP contribution is 2.66. The largest absolute Gasteiger partial charge is 0.490 e. The van der Waals surface area contributed by atoms with Crippen molar-refractivity contribution in [3.63, 3.8) is 0 Å². The Morgan fingerprint density at radius 3 is 2.42 bits per heavy atom. The maximum absolute atomic E-state index is 11.9. The Labute approximate surface area is 189 Å². The zero-order chi connectivity index (χ0) is 24.8. The number of hydrogen-bond acceptors (Lipinski definition) is 15. The van der Waals surface area contributed by atoms with Gasteiger partial charge in [-0.15, -0.1) is 0 Å². The topological polar surface area (TPSA) is 277 Å². The van der Waals surface area contributed by atoms with Crippen LogP contribution in [0.15, 0.2) is 5.16 Å². The lowest BCUT2D eigenvalue weighted by molar-refractivity contribution is -0.0215. The van der Waals surface area contributed by atoms with Gasteiger partial charge in [0.15, 0.2) is 23.0 Å². The molecule has 9 N–H and O–H groups in total. The highest BCUT2D eigenvalue weighted by Gasteiger charge is 2.49. The first-order valence-electron chi connectivity index (χ1n) is 8.64. The quantitative estimate of drug-likeness (QED) is 0.100. The molecular weight excluding hydrogens is 535 g/mol. The molecule has 33 heavy (non-hydrogen) atoms. The number of phosphoric acid groups is 3. The number of ether oxygens (including phenoxy) is 1. The first kappa shape index (κ1) is 26.7. The monoisotopic (exact) mass is 555 g/mol. The van der Waals surface area contributed by atoms with Crippen LogP contribution in [0.25, 0.3) is 0 Å². The summed E-state index contributed by atoms with van der Waals surface area (Å²) in [5.74, 6) is 0.417. The van der Waals surface area contributed by atoms with Crippen LogP contribution in [0.1, 0.15) is 0 Å². The van der Waals surface area contributed by atoms with Gasteiger partial charge in [0.1, 0.15) is 24.0 Å². The van der Waals surface area contributed by atoms with Gasteiger partial charge in [0.25, 0.3) is 0 Å². The number of rotatable bonds is 9. The number of fused-ring (bicyclic) bond motifs is 1. The predicted octanol–water partition coefficient (Wildman–Crippen LogP) is -1.24. The normalized spacial score (nSPS) is 28.8. The molecule has 3 heterocycles. The molecule has 2 unspecified atom stereocenters. The predicted molar refractivity (Wildman–Crippen MR) is 110 cm³/mol. The Balaban J connectivity index is 1.68. The zero-order valence-electron chi connectivity index (χ0n) is 16.4. The fourth-order valence-corrected chi connectivity index (χ4v) is 6.36. The summed E-state index contributed by atoms with van der Waals surface area (Å²) in [6.45, 7) is -0.877. The van der Waals surface area contributed by atoms with Crippen molar-refractivity contribution in [1.82, 2.24) is 9.97 Å². The Morgan fingerprint density at radius 1 is 1.15 bits per heavy atom. The van der Waals surface area contributed by atoms with E-state index in [0.29, 0.717) is 10.8 Å². The molecule has 1 fully saturated rings. The van der Waals surface area contributed by atoms with Crippen molar-refractivity contribution in [3.05, 3.63) is 0 Å². The lowest BCUT2D eigenvalue weighted by Gasteiger charge is -2.26. The van der Waals surface area contributed by atoms with Crippen molar-refractivity contribution < 1.29 is 61.4 Å². The second-order valence-electron chi connectivity index (χ2n) is 6.53. The molecule has 2 aliphatic rings. The van der Waals surface area contributed by atoms with Crippen molar-refractivity contribution in [2.75, 3.05) is 35.5 Å². The molecule has 6 atom stereocenters. The number of aliphatic hydroxyl groups is 2. The number of nitrogens with zero attached hydrogens (tertiary/aromatic N) is 3. The molecule has 1 aromatic rings. The average molecular weight is 555 g/mol.